The van der Waals surface area contributed by atoms with E-state index in [1.165, 1.54) is 6.92 Å². The molecule has 2 rings (SSSR count). The van der Waals surface area contributed by atoms with Crippen molar-refractivity contribution in [2.45, 2.75) is 64.2 Å². The number of fused-ring (bicyclic) bond motifs is 1. The monoisotopic (exact) mass is 519 g/mol. The minimum atomic E-state index is -1.19. The van der Waals surface area contributed by atoms with Crippen LogP contribution in [0, 0.1) is 5.92 Å². The van der Waals surface area contributed by atoms with E-state index in [-0.39, 0.29) is 12.3 Å². The second kappa shape index (κ2) is 13.9. The van der Waals surface area contributed by atoms with Gasteiger partial charge in [0.05, 0.1) is 6.04 Å². The third-order valence-corrected chi connectivity index (χ3v) is 6.42. The maximum Gasteiger partial charge on any atom is 0.326 e. The maximum absolute atomic E-state index is 13.1. The first-order chi connectivity index (χ1) is 17.0. The van der Waals surface area contributed by atoms with Gasteiger partial charge in [-0.2, -0.15) is 11.8 Å². The lowest BCUT2D eigenvalue weighted by molar-refractivity contribution is -0.142. The first-order valence-electron chi connectivity index (χ1n) is 12.0. The molecule has 1 aromatic carbocycles. The molecule has 36 heavy (non-hydrogen) atoms. The Labute approximate surface area is 215 Å². The summed E-state index contributed by atoms with van der Waals surface area (Å²) in [4.78, 5) is 53.2. The van der Waals surface area contributed by atoms with Gasteiger partial charge in [-0.05, 0) is 49.3 Å². The zero-order valence-electron chi connectivity index (χ0n) is 21.2. The molecule has 4 atom stereocenters. The molecule has 0 aliphatic heterocycles. The van der Waals surface area contributed by atoms with E-state index in [9.17, 15) is 24.3 Å². The van der Waals surface area contributed by atoms with Crippen LogP contribution in [0.15, 0.2) is 30.5 Å². The van der Waals surface area contributed by atoms with Crippen molar-refractivity contribution in [2.24, 2.45) is 11.7 Å². The molecule has 0 spiro atoms. The number of thioether (sulfide) groups is 1. The molecule has 0 saturated carbocycles. The Morgan fingerprint density at radius 3 is 2.31 bits per heavy atom. The summed E-state index contributed by atoms with van der Waals surface area (Å²) in [5.41, 5.74) is 7.49. The number of nitrogens with two attached hydrogens (primary N) is 1. The number of carbonyl (C=O) groups is 4. The summed E-state index contributed by atoms with van der Waals surface area (Å²) in [6, 6.07) is 3.70. The fraction of sp³-hybridized carbons (Fsp3) is 0.520. The van der Waals surface area contributed by atoms with E-state index < -0.39 is 47.9 Å². The highest BCUT2D eigenvalue weighted by Crippen LogP contribution is 2.19. The molecule has 0 radical (unpaired) electrons. The molecule has 7 N–H and O–H groups in total. The second-order valence-electron chi connectivity index (χ2n) is 9.27. The molecule has 0 aliphatic carbocycles. The molecule has 0 fully saturated rings. The number of rotatable bonds is 14. The summed E-state index contributed by atoms with van der Waals surface area (Å²) in [5.74, 6) is -2.01. The van der Waals surface area contributed by atoms with Gasteiger partial charge < -0.3 is 31.8 Å². The second-order valence-corrected chi connectivity index (χ2v) is 10.3. The Morgan fingerprint density at radius 2 is 1.67 bits per heavy atom. The molecule has 198 valence electrons. The highest BCUT2D eigenvalue weighted by Gasteiger charge is 2.29. The lowest BCUT2D eigenvalue weighted by Gasteiger charge is -2.25. The van der Waals surface area contributed by atoms with Gasteiger partial charge in [0, 0.05) is 23.5 Å². The van der Waals surface area contributed by atoms with Crippen LogP contribution in [-0.2, 0) is 25.6 Å². The predicted octanol–water partition coefficient (Wildman–Crippen LogP) is 1.40. The first-order valence-corrected chi connectivity index (χ1v) is 13.4. The Morgan fingerprint density at radius 1 is 1.00 bits per heavy atom. The van der Waals surface area contributed by atoms with Crippen LogP contribution in [0.3, 0.4) is 0 Å². The van der Waals surface area contributed by atoms with Crippen molar-refractivity contribution in [2.75, 3.05) is 12.0 Å². The molecular weight excluding hydrogens is 482 g/mol. The van der Waals surface area contributed by atoms with Crippen LogP contribution in [0.25, 0.3) is 10.9 Å². The predicted molar refractivity (Wildman–Crippen MR) is 142 cm³/mol. The van der Waals surface area contributed by atoms with Gasteiger partial charge in [0.1, 0.15) is 18.1 Å². The van der Waals surface area contributed by atoms with Gasteiger partial charge in [0.15, 0.2) is 0 Å². The molecule has 0 aliphatic rings. The minimum absolute atomic E-state index is 0.0443. The van der Waals surface area contributed by atoms with Crippen molar-refractivity contribution in [3.05, 3.63) is 36.0 Å². The van der Waals surface area contributed by atoms with Crippen LogP contribution in [0.1, 0.15) is 39.2 Å². The number of carbonyl (C=O) groups excluding carboxylic acids is 3. The topological polar surface area (TPSA) is 166 Å². The summed E-state index contributed by atoms with van der Waals surface area (Å²) in [6.07, 6.45) is 4.50. The van der Waals surface area contributed by atoms with Crippen molar-refractivity contribution in [3.63, 3.8) is 0 Å². The smallest absolute Gasteiger partial charge is 0.326 e. The Bertz CT molecular complexity index is 1060. The normalized spacial score (nSPS) is 14.6. The quantitative estimate of drug-likeness (QED) is 0.219. The van der Waals surface area contributed by atoms with Crippen molar-refractivity contribution in [3.8, 4) is 0 Å². The van der Waals surface area contributed by atoms with E-state index in [1.54, 1.807) is 18.0 Å². The number of carboxylic acids is 1. The number of H-pyrrole nitrogens is 1. The third kappa shape index (κ3) is 8.56. The molecule has 1 aromatic heterocycles. The fourth-order valence-electron chi connectivity index (χ4n) is 3.75. The lowest BCUT2D eigenvalue weighted by atomic mass is 10.0. The lowest BCUT2D eigenvalue weighted by Crippen LogP contribution is -2.56. The van der Waals surface area contributed by atoms with Crippen molar-refractivity contribution >= 4 is 46.4 Å². The number of aliphatic carboxylic acids is 1. The van der Waals surface area contributed by atoms with E-state index in [2.05, 4.69) is 20.9 Å². The SMILES string of the molecule is CSCCC(N)C(=O)NC(C)C(=O)NC(CC(C)C)C(=O)NC(Cc1c[nH]c2ccccc12)C(=O)O. The van der Waals surface area contributed by atoms with Gasteiger partial charge in [-0.3, -0.25) is 14.4 Å². The summed E-state index contributed by atoms with van der Waals surface area (Å²) < 4.78 is 0. The van der Waals surface area contributed by atoms with Crippen molar-refractivity contribution in [1.82, 2.24) is 20.9 Å². The Balaban J connectivity index is 2.06. The third-order valence-electron chi connectivity index (χ3n) is 5.78. The number of para-hydroxylation sites is 1. The van der Waals surface area contributed by atoms with Gasteiger partial charge >= 0.3 is 5.97 Å². The van der Waals surface area contributed by atoms with Crippen LogP contribution in [0.4, 0.5) is 0 Å². The summed E-state index contributed by atoms with van der Waals surface area (Å²) in [7, 11) is 0. The van der Waals surface area contributed by atoms with Crippen molar-refractivity contribution in [1.29, 1.82) is 0 Å². The number of hydrogen-bond donors (Lipinski definition) is 6. The largest absolute Gasteiger partial charge is 0.480 e. The Hall–Kier alpha value is -3.05. The van der Waals surface area contributed by atoms with Crippen LogP contribution in [0.2, 0.25) is 0 Å². The van der Waals surface area contributed by atoms with Gasteiger partial charge in [-0.1, -0.05) is 32.0 Å². The average Bonchev–Trinajstić information content (AvgIpc) is 3.23. The van der Waals surface area contributed by atoms with E-state index in [4.69, 9.17) is 5.73 Å². The van der Waals surface area contributed by atoms with Gasteiger partial charge in [0.2, 0.25) is 17.7 Å². The number of benzene rings is 1. The Kier molecular flexibility index (Phi) is 11.3. The minimum Gasteiger partial charge on any atom is -0.480 e. The zero-order valence-corrected chi connectivity index (χ0v) is 22.0. The summed E-state index contributed by atoms with van der Waals surface area (Å²) in [5, 5.41) is 18.5. The van der Waals surface area contributed by atoms with E-state index in [0.29, 0.717) is 12.8 Å². The molecule has 11 heteroatoms. The first kappa shape index (κ1) is 29.2. The molecule has 4 unspecified atom stereocenters. The standard InChI is InChI=1S/C25H37N5O5S/c1-14(2)11-20(29-22(31)15(3)28-23(32)18(26)9-10-36-4)24(33)30-21(25(34)35)12-16-13-27-19-8-6-5-7-17(16)19/h5-8,13-15,18,20-21,27H,9-12,26H2,1-4H3,(H,28,32)(H,29,31)(H,30,33)(H,34,35). The highest BCUT2D eigenvalue weighted by atomic mass is 32.2. The van der Waals surface area contributed by atoms with Crippen LogP contribution in [-0.4, -0.2) is 70.0 Å². The molecule has 3 amide bonds. The van der Waals surface area contributed by atoms with Gasteiger partial charge in [0.25, 0.3) is 0 Å². The average molecular weight is 520 g/mol. The number of aromatic amines is 1. The molecular formula is C25H37N5O5S. The van der Waals surface area contributed by atoms with E-state index >= 15 is 0 Å². The van der Waals surface area contributed by atoms with Crippen molar-refractivity contribution < 1.29 is 24.3 Å². The number of hydrogen-bond acceptors (Lipinski definition) is 6. The van der Waals surface area contributed by atoms with E-state index in [1.807, 2.05) is 44.4 Å². The summed E-state index contributed by atoms with van der Waals surface area (Å²) in [6.45, 7) is 5.29. The van der Waals surface area contributed by atoms with Gasteiger partial charge in [-0.15, -0.1) is 0 Å². The van der Waals surface area contributed by atoms with Crippen LogP contribution in [0.5, 0.6) is 0 Å². The molecule has 2 aromatic rings. The van der Waals surface area contributed by atoms with Crippen LogP contribution >= 0.6 is 11.8 Å². The van der Waals surface area contributed by atoms with E-state index in [0.717, 1.165) is 22.2 Å². The molecule has 0 bridgehead atoms. The number of nitrogens with one attached hydrogen (secondary N) is 4. The molecule has 1 heterocycles. The highest BCUT2D eigenvalue weighted by molar-refractivity contribution is 7.98. The maximum atomic E-state index is 13.1. The number of aromatic nitrogens is 1. The zero-order chi connectivity index (χ0) is 26.8. The number of amides is 3. The van der Waals surface area contributed by atoms with Gasteiger partial charge in [-0.25, -0.2) is 4.79 Å². The summed E-state index contributed by atoms with van der Waals surface area (Å²) >= 11 is 1.57. The molecule has 10 nitrogen and oxygen atoms in total. The molecule has 0 saturated heterocycles. The fourth-order valence-corrected chi connectivity index (χ4v) is 4.24. The van der Waals surface area contributed by atoms with Crippen LogP contribution < -0.4 is 21.7 Å². The number of carboxylic acid groups (broad SMARTS) is 1.